The van der Waals surface area contributed by atoms with Crippen molar-refractivity contribution in [2.75, 3.05) is 12.5 Å². The SMILES string of the molecule is CCOC1CC(NC(=O)CCCl)C1. The average Bonchev–Trinajstić information content (AvgIpc) is 2.01. The van der Waals surface area contributed by atoms with Crippen LogP contribution in [-0.4, -0.2) is 30.5 Å². The number of nitrogens with one attached hydrogen (secondary N) is 1. The highest BCUT2D eigenvalue weighted by Gasteiger charge is 2.30. The van der Waals surface area contributed by atoms with E-state index in [-0.39, 0.29) is 5.91 Å². The van der Waals surface area contributed by atoms with E-state index in [4.69, 9.17) is 16.3 Å². The van der Waals surface area contributed by atoms with E-state index in [1.54, 1.807) is 0 Å². The number of carbonyl (C=O) groups excluding carboxylic acids is 1. The molecule has 0 aromatic carbocycles. The van der Waals surface area contributed by atoms with Crippen LogP contribution in [0.5, 0.6) is 0 Å². The van der Waals surface area contributed by atoms with Crippen LogP contribution in [0.3, 0.4) is 0 Å². The van der Waals surface area contributed by atoms with Crippen molar-refractivity contribution in [1.82, 2.24) is 5.32 Å². The van der Waals surface area contributed by atoms with Gasteiger partial charge in [0.2, 0.25) is 5.91 Å². The Kier molecular flexibility index (Phi) is 4.53. The molecule has 0 spiro atoms. The fourth-order valence-corrected chi connectivity index (χ4v) is 1.61. The quantitative estimate of drug-likeness (QED) is 0.688. The van der Waals surface area contributed by atoms with Crippen molar-refractivity contribution in [3.05, 3.63) is 0 Å². The molecule has 1 rings (SSSR count). The lowest BCUT2D eigenvalue weighted by atomic mass is 9.89. The van der Waals surface area contributed by atoms with Crippen LogP contribution in [0, 0.1) is 0 Å². The first-order valence-electron chi connectivity index (χ1n) is 4.73. The number of hydrogen-bond acceptors (Lipinski definition) is 2. The van der Waals surface area contributed by atoms with Gasteiger partial charge in [-0.3, -0.25) is 4.79 Å². The summed E-state index contributed by atoms with van der Waals surface area (Å²) in [6, 6.07) is 0.312. The van der Waals surface area contributed by atoms with Gasteiger partial charge in [0, 0.05) is 24.9 Å². The molecule has 0 atom stereocenters. The van der Waals surface area contributed by atoms with Gasteiger partial charge in [0.05, 0.1) is 6.10 Å². The maximum atomic E-state index is 11.1. The van der Waals surface area contributed by atoms with E-state index in [1.807, 2.05) is 6.92 Å². The van der Waals surface area contributed by atoms with Gasteiger partial charge in [-0.05, 0) is 19.8 Å². The van der Waals surface area contributed by atoms with Crippen LogP contribution in [0.15, 0.2) is 0 Å². The minimum absolute atomic E-state index is 0.0509. The molecule has 0 aromatic rings. The molecule has 76 valence electrons. The van der Waals surface area contributed by atoms with E-state index in [1.165, 1.54) is 0 Å². The minimum Gasteiger partial charge on any atom is -0.378 e. The monoisotopic (exact) mass is 205 g/mol. The Morgan fingerprint density at radius 1 is 1.62 bits per heavy atom. The third-order valence-corrected chi connectivity index (χ3v) is 2.37. The summed E-state index contributed by atoms with van der Waals surface area (Å²) in [5.41, 5.74) is 0. The zero-order valence-electron chi connectivity index (χ0n) is 7.88. The Hall–Kier alpha value is -0.280. The Morgan fingerprint density at radius 2 is 2.31 bits per heavy atom. The first-order chi connectivity index (χ1) is 6.26. The third-order valence-electron chi connectivity index (χ3n) is 2.18. The van der Waals surface area contributed by atoms with Crippen LogP contribution < -0.4 is 5.32 Å². The molecule has 13 heavy (non-hydrogen) atoms. The van der Waals surface area contributed by atoms with Gasteiger partial charge in [-0.1, -0.05) is 0 Å². The predicted molar refractivity (Wildman–Crippen MR) is 51.9 cm³/mol. The fraction of sp³-hybridized carbons (Fsp3) is 0.889. The van der Waals surface area contributed by atoms with Crippen LogP contribution in [0.2, 0.25) is 0 Å². The van der Waals surface area contributed by atoms with Gasteiger partial charge < -0.3 is 10.1 Å². The first kappa shape index (κ1) is 10.8. The van der Waals surface area contributed by atoms with Crippen LogP contribution in [-0.2, 0) is 9.53 Å². The second-order valence-corrected chi connectivity index (χ2v) is 3.63. The molecule has 3 nitrogen and oxygen atoms in total. The molecule has 0 radical (unpaired) electrons. The van der Waals surface area contributed by atoms with Gasteiger partial charge in [0.15, 0.2) is 0 Å². The van der Waals surface area contributed by atoms with Gasteiger partial charge in [-0.15, -0.1) is 11.6 Å². The number of alkyl halides is 1. The summed E-state index contributed by atoms with van der Waals surface area (Å²) >= 11 is 5.43. The largest absolute Gasteiger partial charge is 0.378 e. The number of hydrogen-bond donors (Lipinski definition) is 1. The van der Waals surface area contributed by atoms with Crippen molar-refractivity contribution in [2.24, 2.45) is 0 Å². The van der Waals surface area contributed by atoms with Gasteiger partial charge >= 0.3 is 0 Å². The van der Waals surface area contributed by atoms with E-state index >= 15 is 0 Å². The summed E-state index contributed by atoms with van der Waals surface area (Å²) in [6.07, 6.45) is 2.66. The minimum atomic E-state index is 0.0509. The predicted octanol–water partition coefficient (Wildman–Crippen LogP) is 1.30. The van der Waals surface area contributed by atoms with E-state index in [2.05, 4.69) is 5.32 Å². The smallest absolute Gasteiger partial charge is 0.221 e. The third kappa shape index (κ3) is 3.53. The summed E-state index contributed by atoms with van der Waals surface area (Å²) in [5.74, 6) is 0.447. The molecule has 1 saturated carbocycles. The molecule has 1 amide bonds. The summed E-state index contributed by atoms with van der Waals surface area (Å²) in [5, 5.41) is 2.90. The van der Waals surface area contributed by atoms with Gasteiger partial charge in [-0.2, -0.15) is 0 Å². The van der Waals surface area contributed by atoms with Crippen molar-refractivity contribution in [1.29, 1.82) is 0 Å². The number of halogens is 1. The molecular formula is C9H16ClNO2. The van der Waals surface area contributed by atoms with E-state index in [0.29, 0.717) is 24.4 Å². The Bertz CT molecular complexity index is 169. The topological polar surface area (TPSA) is 38.3 Å². The normalized spacial score (nSPS) is 26.6. The molecule has 1 aliphatic carbocycles. The fourth-order valence-electron chi connectivity index (χ4n) is 1.44. The molecule has 0 aromatic heterocycles. The zero-order valence-corrected chi connectivity index (χ0v) is 8.64. The van der Waals surface area contributed by atoms with Gasteiger partial charge in [0.25, 0.3) is 0 Å². The number of carbonyl (C=O) groups is 1. The molecular weight excluding hydrogens is 190 g/mol. The van der Waals surface area contributed by atoms with Crippen LogP contribution >= 0.6 is 11.6 Å². The standard InChI is InChI=1S/C9H16ClNO2/c1-2-13-8-5-7(6-8)11-9(12)3-4-10/h7-8H,2-6H2,1H3,(H,11,12). The molecule has 0 saturated heterocycles. The van der Waals surface area contributed by atoms with Crippen molar-refractivity contribution in [3.8, 4) is 0 Å². The maximum absolute atomic E-state index is 11.1. The number of rotatable bonds is 5. The lowest BCUT2D eigenvalue weighted by molar-refractivity contribution is -0.123. The highest BCUT2D eigenvalue weighted by Crippen LogP contribution is 2.23. The molecule has 4 heteroatoms. The molecule has 1 fully saturated rings. The van der Waals surface area contributed by atoms with Crippen LogP contribution in [0.4, 0.5) is 0 Å². The average molecular weight is 206 g/mol. The van der Waals surface area contributed by atoms with Crippen molar-refractivity contribution < 1.29 is 9.53 Å². The molecule has 1 aliphatic rings. The lowest BCUT2D eigenvalue weighted by Crippen LogP contribution is -2.47. The second-order valence-electron chi connectivity index (χ2n) is 3.25. The lowest BCUT2D eigenvalue weighted by Gasteiger charge is -2.35. The van der Waals surface area contributed by atoms with Crippen molar-refractivity contribution in [3.63, 3.8) is 0 Å². The molecule has 0 heterocycles. The molecule has 1 N–H and O–H groups in total. The van der Waals surface area contributed by atoms with Crippen LogP contribution in [0.1, 0.15) is 26.2 Å². The maximum Gasteiger partial charge on any atom is 0.221 e. The summed E-state index contributed by atoms with van der Waals surface area (Å²) in [6.45, 7) is 2.74. The highest BCUT2D eigenvalue weighted by atomic mass is 35.5. The van der Waals surface area contributed by atoms with Crippen molar-refractivity contribution >= 4 is 17.5 Å². The van der Waals surface area contributed by atoms with Crippen molar-refractivity contribution in [2.45, 2.75) is 38.3 Å². The molecule has 0 unspecified atom stereocenters. The van der Waals surface area contributed by atoms with Gasteiger partial charge in [-0.25, -0.2) is 0 Å². The first-order valence-corrected chi connectivity index (χ1v) is 5.26. The van der Waals surface area contributed by atoms with E-state index < -0.39 is 0 Å². The summed E-state index contributed by atoms with van der Waals surface area (Å²) in [4.78, 5) is 11.1. The molecule has 0 bridgehead atoms. The Balaban J connectivity index is 2.04. The van der Waals surface area contributed by atoms with E-state index in [0.717, 1.165) is 19.4 Å². The molecule has 0 aliphatic heterocycles. The summed E-state index contributed by atoms with van der Waals surface area (Å²) in [7, 11) is 0. The van der Waals surface area contributed by atoms with E-state index in [9.17, 15) is 4.79 Å². The zero-order chi connectivity index (χ0) is 9.68. The van der Waals surface area contributed by atoms with Crippen LogP contribution in [0.25, 0.3) is 0 Å². The number of ether oxygens (including phenoxy) is 1. The second kappa shape index (κ2) is 5.45. The Labute approximate surface area is 83.8 Å². The van der Waals surface area contributed by atoms with Gasteiger partial charge in [0.1, 0.15) is 0 Å². The Morgan fingerprint density at radius 3 is 2.85 bits per heavy atom. The number of amides is 1. The highest BCUT2D eigenvalue weighted by molar-refractivity contribution is 6.18. The summed E-state index contributed by atoms with van der Waals surface area (Å²) < 4.78 is 5.37.